The van der Waals surface area contributed by atoms with Gasteiger partial charge in [0.05, 0.1) is 58.2 Å². The zero-order valence-corrected chi connectivity index (χ0v) is 44.0. The summed E-state index contributed by atoms with van der Waals surface area (Å²) in [6.45, 7) is 16.6. The molecule has 18 nitrogen and oxygen atoms in total. The fourth-order valence-corrected chi connectivity index (χ4v) is 10.5. The molecule has 4 atom stereocenters. The average Bonchev–Trinajstić information content (AvgIpc) is 4.16. The lowest BCUT2D eigenvalue weighted by Gasteiger charge is -2.36. The third-order valence-corrected chi connectivity index (χ3v) is 14.1. The molecule has 6 aliphatic rings. The SMILES string of the molecule is CC1(C)OC[C@@H](CCc2cc(N)ccn2)O1.Cc1cc(-c2nc3c(cc2Cl)N2CC[C@@H](C2)N3)ccn1.Cc1cc(-c2nc3c(cc2Cl)N2CC[C@@H](C2)N3C(=O)Nc2ccnc(OC[C@@H]3COC(C)(C)O3)c2)ccn1. The summed E-state index contributed by atoms with van der Waals surface area (Å²) in [4.78, 5) is 46.7. The molecule has 0 spiro atoms. The van der Waals surface area contributed by atoms with E-state index in [1.165, 1.54) is 0 Å². The van der Waals surface area contributed by atoms with Crippen LogP contribution in [0.25, 0.3) is 22.5 Å². The molecule has 6 aromatic rings. The summed E-state index contributed by atoms with van der Waals surface area (Å²) in [5, 5.41) is 7.76. The van der Waals surface area contributed by atoms with Crippen LogP contribution in [-0.2, 0) is 25.4 Å². The Morgan fingerprint density at radius 2 is 1.41 bits per heavy atom. The van der Waals surface area contributed by atoms with Crippen LogP contribution in [-0.4, -0.2) is 118 Å². The first-order chi connectivity index (χ1) is 35.5. The minimum Gasteiger partial charge on any atom is -0.475 e. The normalized spacial score (nSPS) is 21.4. The number of hydrogen-bond donors (Lipinski definition) is 3. The van der Waals surface area contributed by atoms with Crippen molar-refractivity contribution in [3.05, 3.63) is 113 Å². The number of carbonyl (C=O) groups is 1. The van der Waals surface area contributed by atoms with E-state index in [2.05, 4.69) is 40.4 Å². The number of nitrogens with one attached hydrogen (secondary N) is 2. The third-order valence-electron chi connectivity index (χ3n) is 13.5. The molecule has 0 aromatic carbocycles. The smallest absolute Gasteiger partial charge is 0.327 e. The molecule has 4 bridgehead atoms. The molecule has 0 aliphatic carbocycles. The number of pyridine rings is 6. The van der Waals surface area contributed by atoms with Crippen molar-refractivity contribution < 1.29 is 28.5 Å². The summed E-state index contributed by atoms with van der Waals surface area (Å²) in [7, 11) is 0. The Balaban J connectivity index is 0.000000144. The van der Waals surface area contributed by atoms with E-state index >= 15 is 0 Å². The standard InChI is InChI=1S/C27H29ClN6O4.C15H15ClN4.C12H18N2O2/c1-16-10-17(4-7-29-16)24-21(28)12-22-25(32-24)34(19-6-9-33(22)13-19)26(35)31-18-5-8-30-23(11-18)36-14-20-15-37-27(2,3)38-20;1-9-6-10(2-4-17-9)14-12(16)7-13-15(19-14)18-11-3-5-20(13)8-11;1-12(2)15-8-11(16-12)4-3-10-7-9(13)5-6-14-10/h4-5,7-8,10-12,19-20H,6,9,13-15H2,1-3H3,(H,30,31,35);2,4,6-7,11H,3,5,8H2,1H3,(H,18,19);5-7,11H,3-4,8H2,1-2H3,(H2,13,14)/t19-,20+;2*11-/m001/s1. The van der Waals surface area contributed by atoms with Gasteiger partial charge in [-0.3, -0.25) is 19.9 Å². The zero-order valence-electron chi connectivity index (χ0n) is 42.5. The van der Waals surface area contributed by atoms with Crippen LogP contribution in [0.2, 0.25) is 10.0 Å². The lowest BCUT2D eigenvalue weighted by Crippen LogP contribution is -2.48. The van der Waals surface area contributed by atoms with Gasteiger partial charge in [0.15, 0.2) is 23.2 Å². The number of urea groups is 1. The quantitative estimate of drug-likeness (QED) is 0.124. The van der Waals surface area contributed by atoms with Crippen molar-refractivity contribution in [1.82, 2.24) is 29.9 Å². The maximum atomic E-state index is 13.7. The second kappa shape index (κ2) is 21.4. The Bertz CT molecular complexity index is 3020. The van der Waals surface area contributed by atoms with Crippen molar-refractivity contribution >= 4 is 63.6 Å². The van der Waals surface area contributed by atoms with E-state index in [1.54, 1.807) is 47.9 Å². The molecule has 2 amide bonds. The highest BCUT2D eigenvalue weighted by Crippen LogP contribution is 2.44. The second-order valence-electron chi connectivity index (χ2n) is 20.2. The number of nitrogens with zero attached hydrogens (tertiary/aromatic N) is 9. The molecular formula is C54H62Cl2N12O6. The van der Waals surface area contributed by atoms with Crippen LogP contribution in [0.4, 0.5) is 39.2 Å². The largest absolute Gasteiger partial charge is 0.475 e. The molecule has 6 aliphatic heterocycles. The van der Waals surface area contributed by atoms with E-state index in [1.807, 2.05) is 84.0 Å². The van der Waals surface area contributed by atoms with Crippen molar-refractivity contribution in [1.29, 1.82) is 0 Å². The highest BCUT2D eigenvalue weighted by Gasteiger charge is 2.41. The van der Waals surface area contributed by atoms with Gasteiger partial charge >= 0.3 is 6.03 Å². The number of aromatic nitrogens is 6. The summed E-state index contributed by atoms with van der Waals surface area (Å²) in [5.41, 5.74) is 15.2. The Labute approximate surface area is 441 Å². The molecular weight excluding hydrogens is 984 g/mol. The molecule has 0 unspecified atom stereocenters. The lowest BCUT2D eigenvalue weighted by molar-refractivity contribution is -0.141. The predicted molar refractivity (Wildman–Crippen MR) is 287 cm³/mol. The highest BCUT2D eigenvalue weighted by atomic mass is 35.5. The van der Waals surface area contributed by atoms with E-state index < -0.39 is 11.6 Å². The van der Waals surface area contributed by atoms with Gasteiger partial charge in [-0.15, -0.1) is 0 Å². The number of carbonyl (C=O) groups excluding carboxylic acids is 1. The number of aryl methyl sites for hydroxylation is 3. The molecule has 20 heteroatoms. The summed E-state index contributed by atoms with van der Waals surface area (Å²) in [6.07, 6.45) is 10.6. The Morgan fingerprint density at radius 3 is 2.08 bits per heavy atom. The van der Waals surface area contributed by atoms with Crippen molar-refractivity contribution in [2.45, 2.75) is 103 Å². The lowest BCUT2D eigenvalue weighted by atomic mass is 10.1. The maximum Gasteiger partial charge on any atom is 0.327 e. The topological polar surface area (TPSA) is 200 Å². The molecule has 12 heterocycles. The van der Waals surface area contributed by atoms with E-state index in [0.29, 0.717) is 59.0 Å². The monoisotopic (exact) mass is 1040 g/mol. The fourth-order valence-electron chi connectivity index (χ4n) is 10.0. The van der Waals surface area contributed by atoms with Gasteiger partial charge < -0.3 is 49.9 Å². The van der Waals surface area contributed by atoms with Crippen molar-refractivity contribution in [3.63, 3.8) is 0 Å². The number of ether oxygens (including phenoxy) is 5. The average molecular weight is 1050 g/mol. The minimum absolute atomic E-state index is 0.00336. The zero-order chi connectivity index (χ0) is 51.7. The van der Waals surface area contributed by atoms with Gasteiger partial charge in [0.1, 0.15) is 12.7 Å². The Kier molecular flexibility index (Phi) is 14.8. The van der Waals surface area contributed by atoms with Crippen LogP contribution >= 0.6 is 23.2 Å². The van der Waals surface area contributed by atoms with Crippen LogP contribution in [0.3, 0.4) is 0 Å². The van der Waals surface area contributed by atoms with E-state index in [0.717, 1.165) is 109 Å². The number of rotatable bonds is 9. The summed E-state index contributed by atoms with van der Waals surface area (Å²) in [5.74, 6) is 0.881. The number of hydrogen-bond acceptors (Lipinski definition) is 16. The first-order valence-electron chi connectivity index (χ1n) is 25.1. The molecule has 6 aromatic heterocycles. The van der Waals surface area contributed by atoms with Crippen molar-refractivity contribution in [2.24, 2.45) is 0 Å². The van der Waals surface area contributed by atoms with Crippen LogP contribution in [0, 0.1) is 13.8 Å². The Morgan fingerprint density at radius 1 is 0.770 bits per heavy atom. The first kappa shape index (κ1) is 51.1. The second-order valence-corrected chi connectivity index (χ2v) is 21.0. The Hall–Kier alpha value is -6.41. The van der Waals surface area contributed by atoms with Gasteiger partial charge in [-0.25, -0.2) is 19.7 Å². The van der Waals surface area contributed by atoms with Gasteiger partial charge in [0, 0.05) is 103 Å². The third kappa shape index (κ3) is 11.9. The molecule has 4 saturated heterocycles. The molecule has 4 N–H and O–H groups in total. The fraction of sp³-hybridized carbons (Fsp3) is 0.426. The van der Waals surface area contributed by atoms with Gasteiger partial charge in [-0.1, -0.05) is 23.2 Å². The van der Waals surface area contributed by atoms with Crippen LogP contribution < -0.4 is 35.8 Å². The molecule has 4 fully saturated rings. The summed E-state index contributed by atoms with van der Waals surface area (Å²) >= 11 is 13.1. The highest BCUT2D eigenvalue weighted by molar-refractivity contribution is 6.34. The molecule has 12 rings (SSSR count). The number of fused-ring (bicyclic) bond motifs is 8. The van der Waals surface area contributed by atoms with Crippen molar-refractivity contribution in [3.8, 4) is 28.4 Å². The maximum absolute atomic E-state index is 13.7. The van der Waals surface area contributed by atoms with Gasteiger partial charge in [-0.05, 0) is 122 Å². The van der Waals surface area contributed by atoms with Crippen molar-refractivity contribution in [2.75, 3.05) is 77.1 Å². The molecule has 74 heavy (non-hydrogen) atoms. The number of nitrogens with two attached hydrogens (primary N) is 1. The molecule has 388 valence electrons. The van der Waals surface area contributed by atoms with Crippen LogP contribution in [0.15, 0.2) is 85.5 Å². The predicted octanol–water partition coefficient (Wildman–Crippen LogP) is 9.52. The number of nitrogen functional groups attached to an aromatic ring is 1. The summed E-state index contributed by atoms with van der Waals surface area (Å²) < 4.78 is 28.4. The van der Waals surface area contributed by atoms with Crippen LogP contribution in [0.1, 0.15) is 64.0 Å². The van der Waals surface area contributed by atoms with E-state index in [9.17, 15) is 4.79 Å². The van der Waals surface area contributed by atoms with Crippen LogP contribution in [0.5, 0.6) is 5.88 Å². The molecule has 0 radical (unpaired) electrons. The van der Waals surface area contributed by atoms with Gasteiger partial charge in [0.25, 0.3) is 0 Å². The number of halogens is 2. The first-order valence-corrected chi connectivity index (χ1v) is 25.8. The van der Waals surface area contributed by atoms with E-state index in [4.69, 9.17) is 62.6 Å². The van der Waals surface area contributed by atoms with Gasteiger partial charge in [0.2, 0.25) is 5.88 Å². The number of amides is 2. The number of anilines is 6. The molecule has 0 saturated carbocycles. The minimum atomic E-state index is -0.619. The van der Waals surface area contributed by atoms with Gasteiger partial charge in [-0.2, -0.15) is 0 Å². The summed E-state index contributed by atoms with van der Waals surface area (Å²) in [6, 6.07) is 19.1. The van der Waals surface area contributed by atoms with E-state index in [-0.39, 0.29) is 24.3 Å².